The number of aromatic nitrogens is 2. The lowest BCUT2D eigenvalue weighted by Gasteiger charge is -2.10. The first-order chi connectivity index (χ1) is 21.7. The maximum absolute atomic E-state index is 5.99. The van der Waals surface area contributed by atoms with Crippen LogP contribution in [0.5, 0.6) is 34.5 Å². The molecular weight excluding hydrogens is 568 g/mol. The molecule has 6 rings (SSSR count). The Balaban J connectivity index is 0.000000200. The maximum Gasteiger partial charge on any atom is 0.136 e. The van der Waals surface area contributed by atoms with Gasteiger partial charge < -0.3 is 28.4 Å². The molecule has 2 heterocycles. The van der Waals surface area contributed by atoms with Crippen molar-refractivity contribution in [1.29, 1.82) is 0 Å². The molecule has 0 saturated heterocycles. The van der Waals surface area contributed by atoms with E-state index in [-0.39, 0.29) is 7.43 Å². The van der Waals surface area contributed by atoms with Crippen LogP contribution in [0.3, 0.4) is 0 Å². The van der Waals surface area contributed by atoms with Crippen molar-refractivity contribution in [3.05, 3.63) is 122 Å². The molecule has 0 saturated carbocycles. The van der Waals surface area contributed by atoms with Crippen LogP contribution in [0, 0.1) is 0 Å². The second-order valence-corrected chi connectivity index (χ2v) is 9.49. The molecule has 0 N–H and O–H groups in total. The SMILES string of the molecule is C.COCCOc1ccc(Oc2cccc3ncccc23)cc1.COCCOc1cccc(Oc2cccc3ncccc23)c1. The lowest BCUT2D eigenvalue weighted by molar-refractivity contribution is 0.146. The van der Waals surface area contributed by atoms with Crippen LogP contribution < -0.4 is 18.9 Å². The van der Waals surface area contributed by atoms with Crippen LogP contribution in [0.25, 0.3) is 21.8 Å². The first kappa shape index (κ1) is 32.7. The summed E-state index contributed by atoms with van der Waals surface area (Å²) in [5.41, 5.74) is 1.83. The van der Waals surface area contributed by atoms with E-state index in [1.54, 1.807) is 26.6 Å². The highest BCUT2D eigenvalue weighted by molar-refractivity contribution is 5.85. The average molecular weight is 607 g/mol. The number of methoxy groups -OCH3 is 2. The summed E-state index contributed by atoms with van der Waals surface area (Å²) in [5, 5.41) is 1.97. The van der Waals surface area contributed by atoms with Crippen LogP contribution in [0.2, 0.25) is 0 Å². The summed E-state index contributed by atoms with van der Waals surface area (Å²) in [5.74, 6) is 4.61. The van der Waals surface area contributed by atoms with Gasteiger partial charge in [0.15, 0.2) is 0 Å². The molecule has 0 aliphatic rings. The van der Waals surface area contributed by atoms with Crippen LogP contribution in [0.1, 0.15) is 7.43 Å². The lowest BCUT2D eigenvalue weighted by Crippen LogP contribution is -2.04. The highest BCUT2D eigenvalue weighted by Crippen LogP contribution is 2.31. The Labute approximate surface area is 264 Å². The number of nitrogens with zero attached hydrogens (tertiary/aromatic N) is 2. The Hall–Kier alpha value is -5.18. The minimum absolute atomic E-state index is 0. The monoisotopic (exact) mass is 606 g/mol. The molecule has 6 aromatic rings. The summed E-state index contributed by atoms with van der Waals surface area (Å²) in [4.78, 5) is 8.66. The van der Waals surface area contributed by atoms with Crippen LogP contribution in [0.4, 0.5) is 0 Å². The molecule has 0 aliphatic heterocycles. The summed E-state index contributed by atoms with van der Waals surface area (Å²) >= 11 is 0. The second kappa shape index (κ2) is 17.2. The summed E-state index contributed by atoms with van der Waals surface area (Å²) in [6.07, 6.45) is 3.55. The van der Waals surface area contributed by atoms with E-state index in [0.29, 0.717) is 26.4 Å². The van der Waals surface area contributed by atoms with Crippen molar-refractivity contribution in [3.63, 3.8) is 0 Å². The van der Waals surface area contributed by atoms with Crippen molar-refractivity contribution in [1.82, 2.24) is 9.97 Å². The molecule has 2 aromatic heterocycles. The minimum Gasteiger partial charge on any atom is -0.491 e. The van der Waals surface area contributed by atoms with Gasteiger partial charge in [-0.05, 0) is 84.9 Å². The van der Waals surface area contributed by atoms with Crippen molar-refractivity contribution >= 4 is 21.8 Å². The third kappa shape index (κ3) is 9.40. The Morgan fingerprint density at radius 2 is 0.956 bits per heavy atom. The average Bonchev–Trinajstić information content (AvgIpc) is 3.07. The van der Waals surface area contributed by atoms with E-state index in [2.05, 4.69) is 9.97 Å². The number of pyridine rings is 2. The van der Waals surface area contributed by atoms with Gasteiger partial charge in [0.05, 0.1) is 24.2 Å². The van der Waals surface area contributed by atoms with Crippen molar-refractivity contribution in [2.45, 2.75) is 7.43 Å². The number of hydrogen-bond acceptors (Lipinski definition) is 8. The molecule has 0 amide bonds. The van der Waals surface area contributed by atoms with Crippen LogP contribution in [0.15, 0.2) is 122 Å². The zero-order valence-corrected chi connectivity index (χ0v) is 24.7. The molecule has 232 valence electrons. The zero-order chi connectivity index (χ0) is 30.4. The Bertz CT molecular complexity index is 1750. The Morgan fingerprint density at radius 1 is 0.467 bits per heavy atom. The molecule has 8 nitrogen and oxygen atoms in total. The Kier molecular flexibility index (Phi) is 12.5. The summed E-state index contributed by atoms with van der Waals surface area (Å²) < 4.78 is 33.0. The van der Waals surface area contributed by atoms with Crippen molar-refractivity contribution in [2.24, 2.45) is 0 Å². The first-order valence-corrected chi connectivity index (χ1v) is 14.2. The molecule has 0 unspecified atom stereocenters. The first-order valence-electron chi connectivity index (χ1n) is 14.2. The van der Waals surface area contributed by atoms with Crippen molar-refractivity contribution in [3.8, 4) is 34.5 Å². The number of benzene rings is 4. The van der Waals surface area contributed by atoms with Gasteiger partial charge in [-0.2, -0.15) is 0 Å². The molecule has 0 atom stereocenters. The van der Waals surface area contributed by atoms with Gasteiger partial charge in [0.25, 0.3) is 0 Å². The van der Waals surface area contributed by atoms with E-state index in [1.807, 2.05) is 109 Å². The van der Waals surface area contributed by atoms with E-state index < -0.39 is 0 Å². The van der Waals surface area contributed by atoms with Gasteiger partial charge in [-0.15, -0.1) is 0 Å². The third-order valence-corrected chi connectivity index (χ3v) is 6.41. The van der Waals surface area contributed by atoms with Gasteiger partial charge in [0, 0.05) is 43.5 Å². The minimum atomic E-state index is 0. The normalized spacial score (nSPS) is 10.4. The van der Waals surface area contributed by atoms with E-state index in [1.165, 1.54) is 0 Å². The van der Waals surface area contributed by atoms with Gasteiger partial charge >= 0.3 is 0 Å². The highest BCUT2D eigenvalue weighted by atomic mass is 16.5. The fraction of sp³-hybridized carbons (Fsp3) is 0.189. The molecule has 0 aliphatic carbocycles. The fourth-order valence-electron chi connectivity index (χ4n) is 4.30. The molecule has 0 radical (unpaired) electrons. The number of fused-ring (bicyclic) bond motifs is 2. The molecular formula is C37H38N2O6. The van der Waals surface area contributed by atoms with Crippen LogP contribution in [-0.2, 0) is 9.47 Å². The van der Waals surface area contributed by atoms with Gasteiger partial charge in [-0.3, -0.25) is 9.97 Å². The van der Waals surface area contributed by atoms with E-state index in [9.17, 15) is 0 Å². The zero-order valence-electron chi connectivity index (χ0n) is 24.7. The maximum atomic E-state index is 5.99. The van der Waals surface area contributed by atoms with Crippen molar-refractivity contribution in [2.75, 3.05) is 40.6 Å². The third-order valence-electron chi connectivity index (χ3n) is 6.41. The largest absolute Gasteiger partial charge is 0.491 e. The van der Waals surface area contributed by atoms with Gasteiger partial charge in [0.2, 0.25) is 0 Å². The fourth-order valence-corrected chi connectivity index (χ4v) is 4.30. The lowest BCUT2D eigenvalue weighted by atomic mass is 10.2. The topological polar surface area (TPSA) is 81.2 Å². The molecule has 0 bridgehead atoms. The predicted molar refractivity (Wildman–Crippen MR) is 178 cm³/mol. The smallest absolute Gasteiger partial charge is 0.136 e. The Morgan fingerprint density at radius 3 is 1.53 bits per heavy atom. The van der Waals surface area contributed by atoms with Gasteiger partial charge in [-0.1, -0.05) is 25.6 Å². The molecule has 8 heteroatoms. The molecule has 0 spiro atoms. The van der Waals surface area contributed by atoms with Gasteiger partial charge in [0.1, 0.15) is 47.7 Å². The number of rotatable bonds is 12. The number of hydrogen-bond donors (Lipinski definition) is 0. The highest BCUT2D eigenvalue weighted by Gasteiger charge is 2.06. The second-order valence-electron chi connectivity index (χ2n) is 9.49. The molecule has 45 heavy (non-hydrogen) atoms. The van der Waals surface area contributed by atoms with Gasteiger partial charge in [-0.25, -0.2) is 0 Å². The summed E-state index contributed by atoms with van der Waals surface area (Å²) in [7, 11) is 3.30. The van der Waals surface area contributed by atoms with E-state index in [0.717, 1.165) is 56.3 Å². The molecule has 0 fully saturated rings. The van der Waals surface area contributed by atoms with Crippen LogP contribution >= 0.6 is 0 Å². The van der Waals surface area contributed by atoms with Crippen molar-refractivity contribution < 1.29 is 28.4 Å². The standard InChI is InChI=1S/2C18H17NO3.CH4/c1-20-11-12-21-14-5-2-6-15(13-14)22-18-9-3-8-17-16(18)7-4-10-19-17;1-20-12-13-21-14-7-9-15(10-8-14)22-18-6-2-5-17-16(18)4-3-11-19-17;/h2-10,13H,11-12H2,1H3;2-11H,12-13H2,1H3;1H4. The predicted octanol–water partition coefficient (Wildman–Crippen LogP) is 8.74. The summed E-state index contributed by atoms with van der Waals surface area (Å²) in [6.45, 7) is 2.17. The van der Waals surface area contributed by atoms with E-state index in [4.69, 9.17) is 28.4 Å². The van der Waals surface area contributed by atoms with E-state index >= 15 is 0 Å². The molecule has 4 aromatic carbocycles. The summed E-state index contributed by atoms with van der Waals surface area (Å²) in [6, 6.07) is 34.6. The quantitative estimate of drug-likeness (QED) is 0.128. The number of ether oxygens (including phenoxy) is 6. The van der Waals surface area contributed by atoms with Crippen LogP contribution in [-0.4, -0.2) is 50.6 Å².